The Labute approximate surface area is 112 Å². The van der Waals surface area contributed by atoms with Gasteiger partial charge in [-0.1, -0.05) is 32.0 Å². The van der Waals surface area contributed by atoms with E-state index in [1.165, 1.54) is 6.07 Å². The Morgan fingerprint density at radius 2 is 1.79 bits per heavy atom. The molecule has 1 rings (SSSR count). The van der Waals surface area contributed by atoms with Crippen molar-refractivity contribution >= 4 is 11.8 Å². The third-order valence-corrected chi connectivity index (χ3v) is 2.58. The fraction of sp³-hybridized carbons (Fsp3) is 0.429. The van der Waals surface area contributed by atoms with Gasteiger partial charge in [0.05, 0.1) is 6.42 Å². The molecule has 4 nitrogen and oxygen atoms in total. The van der Waals surface area contributed by atoms with E-state index >= 15 is 0 Å². The van der Waals surface area contributed by atoms with E-state index in [2.05, 4.69) is 10.6 Å². The molecule has 5 heteroatoms. The van der Waals surface area contributed by atoms with Crippen molar-refractivity contribution in [1.29, 1.82) is 0 Å². The van der Waals surface area contributed by atoms with E-state index in [9.17, 15) is 14.0 Å². The number of carbonyl (C=O) groups is 2. The molecular formula is C14H19FN2O2. The molecule has 2 amide bonds. The summed E-state index contributed by atoms with van der Waals surface area (Å²) < 4.78 is 13.3. The third-order valence-electron chi connectivity index (χ3n) is 2.58. The van der Waals surface area contributed by atoms with Crippen molar-refractivity contribution in [3.8, 4) is 0 Å². The predicted octanol–water partition coefficient (Wildman–Crippen LogP) is 1.26. The van der Waals surface area contributed by atoms with E-state index in [1.54, 1.807) is 32.0 Å². The summed E-state index contributed by atoms with van der Waals surface area (Å²) in [5.41, 5.74) is 0.367. The molecule has 0 saturated heterocycles. The minimum absolute atomic E-state index is 0.00476. The molecule has 0 bridgehead atoms. The first-order valence-corrected chi connectivity index (χ1v) is 6.28. The quantitative estimate of drug-likeness (QED) is 0.761. The standard InChI is InChI=1S/C14H19FN2O2/c1-10(2)14(19)17-8-7-16-13(18)9-11-5-3-4-6-12(11)15/h3-6,10H,7-9H2,1-2H3,(H,16,18)(H,17,19). The van der Waals surface area contributed by atoms with Crippen molar-refractivity contribution in [2.45, 2.75) is 20.3 Å². The Bertz CT molecular complexity index is 447. The summed E-state index contributed by atoms with van der Waals surface area (Å²) in [5, 5.41) is 5.32. The summed E-state index contributed by atoms with van der Waals surface area (Å²) in [6, 6.07) is 6.17. The Hall–Kier alpha value is -1.91. The second kappa shape index (κ2) is 7.51. The lowest BCUT2D eigenvalue weighted by molar-refractivity contribution is -0.124. The molecule has 2 N–H and O–H groups in total. The van der Waals surface area contributed by atoms with Crippen LogP contribution in [-0.4, -0.2) is 24.9 Å². The molecule has 0 aliphatic carbocycles. The lowest BCUT2D eigenvalue weighted by atomic mass is 10.1. The predicted molar refractivity (Wildman–Crippen MR) is 71.0 cm³/mol. The van der Waals surface area contributed by atoms with E-state index in [0.717, 1.165) is 0 Å². The summed E-state index contributed by atoms with van der Waals surface area (Å²) >= 11 is 0. The SMILES string of the molecule is CC(C)C(=O)NCCNC(=O)Cc1ccccc1F. The largest absolute Gasteiger partial charge is 0.354 e. The fourth-order valence-electron chi connectivity index (χ4n) is 1.47. The molecule has 19 heavy (non-hydrogen) atoms. The molecule has 0 radical (unpaired) electrons. The molecule has 1 aromatic rings. The first kappa shape index (κ1) is 15.1. The summed E-state index contributed by atoms with van der Waals surface area (Å²) in [5.74, 6) is -0.771. The first-order chi connectivity index (χ1) is 9.00. The highest BCUT2D eigenvalue weighted by atomic mass is 19.1. The van der Waals surface area contributed by atoms with Gasteiger partial charge >= 0.3 is 0 Å². The van der Waals surface area contributed by atoms with E-state index < -0.39 is 0 Å². The van der Waals surface area contributed by atoms with Gasteiger partial charge in [0.15, 0.2) is 0 Å². The zero-order valence-corrected chi connectivity index (χ0v) is 11.2. The third kappa shape index (κ3) is 5.50. The molecule has 0 fully saturated rings. The van der Waals surface area contributed by atoms with Gasteiger partial charge in [-0.25, -0.2) is 4.39 Å². The van der Waals surface area contributed by atoms with Crippen LogP contribution in [-0.2, 0) is 16.0 Å². The molecule has 0 aromatic heterocycles. The van der Waals surface area contributed by atoms with Gasteiger partial charge in [-0.15, -0.1) is 0 Å². The second-order valence-corrected chi connectivity index (χ2v) is 4.56. The van der Waals surface area contributed by atoms with Crippen LogP contribution in [0.3, 0.4) is 0 Å². The summed E-state index contributed by atoms with van der Waals surface area (Å²) in [4.78, 5) is 22.8. The van der Waals surface area contributed by atoms with Crippen LogP contribution in [0.15, 0.2) is 24.3 Å². The molecule has 0 unspecified atom stereocenters. The van der Waals surface area contributed by atoms with Crippen molar-refractivity contribution in [3.63, 3.8) is 0 Å². The van der Waals surface area contributed by atoms with Crippen LogP contribution < -0.4 is 10.6 Å². The van der Waals surface area contributed by atoms with Crippen molar-refractivity contribution in [2.24, 2.45) is 5.92 Å². The number of hydrogen-bond donors (Lipinski definition) is 2. The zero-order valence-electron chi connectivity index (χ0n) is 11.2. The number of amides is 2. The second-order valence-electron chi connectivity index (χ2n) is 4.56. The van der Waals surface area contributed by atoms with Gasteiger partial charge in [0.25, 0.3) is 0 Å². The van der Waals surface area contributed by atoms with Crippen molar-refractivity contribution < 1.29 is 14.0 Å². The number of carbonyl (C=O) groups excluding carboxylic acids is 2. The maximum Gasteiger partial charge on any atom is 0.224 e. The van der Waals surface area contributed by atoms with E-state index in [4.69, 9.17) is 0 Å². The normalized spacial score (nSPS) is 10.3. The molecule has 0 spiro atoms. The minimum Gasteiger partial charge on any atom is -0.354 e. The molecule has 1 aromatic carbocycles. The van der Waals surface area contributed by atoms with Crippen molar-refractivity contribution in [1.82, 2.24) is 10.6 Å². The number of halogens is 1. The lowest BCUT2D eigenvalue weighted by Crippen LogP contribution is -2.36. The van der Waals surface area contributed by atoms with Crippen LogP contribution in [0.25, 0.3) is 0 Å². The van der Waals surface area contributed by atoms with Crippen LogP contribution in [0.2, 0.25) is 0 Å². The van der Waals surface area contributed by atoms with Crippen LogP contribution in [0.5, 0.6) is 0 Å². The van der Waals surface area contributed by atoms with Gasteiger partial charge in [-0.3, -0.25) is 9.59 Å². The lowest BCUT2D eigenvalue weighted by Gasteiger charge is -2.09. The van der Waals surface area contributed by atoms with E-state index in [0.29, 0.717) is 18.7 Å². The van der Waals surface area contributed by atoms with E-state index in [1.807, 2.05) is 0 Å². The molecule has 0 aliphatic rings. The molecule has 0 saturated carbocycles. The zero-order chi connectivity index (χ0) is 14.3. The number of rotatable bonds is 6. The molecule has 104 valence electrons. The Morgan fingerprint density at radius 1 is 1.16 bits per heavy atom. The van der Waals surface area contributed by atoms with Gasteiger partial charge in [-0.05, 0) is 11.6 Å². The summed E-state index contributed by atoms with van der Waals surface area (Å²) in [6.07, 6.45) is 0.00476. The highest BCUT2D eigenvalue weighted by Gasteiger charge is 2.08. The average Bonchev–Trinajstić information content (AvgIpc) is 2.37. The van der Waals surface area contributed by atoms with Crippen LogP contribution in [0.4, 0.5) is 4.39 Å². The molecule has 0 heterocycles. The van der Waals surface area contributed by atoms with Gasteiger partial charge in [0, 0.05) is 19.0 Å². The highest BCUT2D eigenvalue weighted by Crippen LogP contribution is 2.06. The smallest absolute Gasteiger partial charge is 0.224 e. The highest BCUT2D eigenvalue weighted by molar-refractivity contribution is 5.79. The van der Waals surface area contributed by atoms with E-state index in [-0.39, 0.29) is 30.0 Å². The molecular weight excluding hydrogens is 247 g/mol. The van der Waals surface area contributed by atoms with Crippen LogP contribution in [0, 0.1) is 11.7 Å². The van der Waals surface area contributed by atoms with Gasteiger partial charge < -0.3 is 10.6 Å². The minimum atomic E-state index is -0.384. The van der Waals surface area contributed by atoms with Gasteiger partial charge in [0.2, 0.25) is 11.8 Å². The molecule has 0 atom stereocenters. The summed E-state index contributed by atoms with van der Waals surface area (Å²) in [6.45, 7) is 4.31. The van der Waals surface area contributed by atoms with Crippen LogP contribution >= 0.6 is 0 Å². The Kier molecular flexibility index (Phi) is 5.99. The van der Waals surface area contributed by atoms with Crippen molar-refractivity contribution in [2.75, 3.05) is 13.1 Å². The summed E-state index contributed by atoms with van der Waals surface area (Å²) in [7, 11) is 0. The first-order valence-electron chi connectivity index (χ1n) is 6.28. The molecule has 0 aliphatic heterocycles. The Morgan fingerprint density at radius 3 is 2.42 bits per heavy atom. The van der Waals surface area contributed by atoms with Gasteiger partial charge in [-0.2, -0.15) is 0 Å². The average molecular weight is 266 g/mol. The monoisotopic (exact) mass is 266 g/mol. The maximum atomic E-state index is 13.3. The number of benzene rings is 1. The number of hydrogen-bond acceptors (Lipinski definition) is 2. The fourth-order valence-corrected chi connectivity index (χ4v) is 1.47. The van der Waals surface area contributed by atoms with Crippen molar-refractivity contribution in [3.05, 3.63) is 35.6 Å². The van der Waals surface area contributed by atoms with Gasteiger partial charge in [0.1, 0.15) is 5.82 Å². The maximum absolute atomic E-state index is 13.3. The topological polar surface area (TPSA) is 58.2 Å². The Balaban J connectivity index is 2.26. The number of nitrogens with one attached hydrogen (secondary N) is 2. The van der Waals surface area contributed by atoms with Crippen LogP contribution in [0.1, 0.15) is 19.4 Å².